The van der Waals surface area contributed by atoms with Crippen molar-refractivity contribution >= 4 is 16.8 Å². The Labute approximate surface area is 106 Å². The Balaban J connectivity index is 2.46. The van der Waals surface area contributed by atoms with Gasteiger partial charge in [0.05, 0.1) is 5.52 Å². The maximum atomic E-state index is 11.6. The Bertz CT molecular complexity index is 548. The number of pyridine rings is 1. The van der Waals surface area contributed by atoms with Gasteiger partial charge in [0.15, 0.2) is 0 Å². The lowest BCUT2D eigenvalue weighted by Gasteiger charge is -2.16. The average Bonchev–Trinajstić information content (AvgIpc) is 2.39. The summed E-state index contributed by atoms with van der Waals surface area (Å²) < 4.78 is 0. The average molecular weight is 243 g/mol. The van der Waals surface area contributed by atoms with Crippen molar-refractivity contribution in [3.05, 3.63) is 42.1 Å². The molecule has 2 aromatic rings. The van der Waals surface area contributed by atoms with Crippen molar-refractivity contribution in [3.63, 3.8) is 0 Å². The Morgan fingerprint density at radius 2 is 2.17 bits per heavy atom. The van der Waals surface area contributed by atoms with Crippen LogP contribution in [-0.2, 0) is 4.79 Å². The van der Waals surface area contributed by atoms with Gasteiger partial charge in [-0.25, -0.2) is 0 Å². The minimum absolute atomic E-state index is 0.374. The van der Waals surface area contributed by atoms with Gasteiger partial charge in [-0.2, -0.15) is 0 Å². The van der Waals surface area contributed by atoms with Gasteiger partial charge < -0.3 is 11.1 Å². The normalized spacial score (nSPS) is 12.5. The van der Waals surface area contributed by atoms with Crippen molar-refractivity contribution in [3.8, 4) is 0 Å². The van der Waals surface area contributed by atoms with Gasteiger partial charge in [-0.1, -0.05) is 31.2 Å². The van der Waals surface area contributed by atoms with E-state index in [-0.39, 0.29) is 5.91 Å². The van der Waals surface area contributed by atoms with Crippen molar-refractivity contribution in [2.24, 2.45) is 5.73 Å². The van der Waals surface area contributed by atoms with Crippen molar-refractivity contribution in [1.29, 1.82) is 0 Å². The van der Waals surface area contributed by atoms with Crippen LogP contribution in [0.25, 0.3) is 10.9 Å². The first-order valence-electron chi connectivity index (χ1n) is 6.10. The smallest absolute Gasteiger partial charge is 0.239 e. The molecule has 0 saturated carbocycles. The number of para-hydroxylation sites is 1. The van der Waals surface area contributed by atoms with Crippen LogP contribution in [0.1, 0.15) is 24.9 Å². The number of carbonyl (C=O) groups excluding carboxylic acids is 1. The molecule has 0 aliphatic rings. The van der Waals surface area contributed by atoms with Crippen LogP contribution in [0.4, 0.5) is 0 Å². The third-order valence-corrected chi connectivity index (χ3v) is 2.86. The first kappa shape index (κ1) is 12.5. The second kappa shape index (κ2) is 5.60. The largest absolute Gasteiger partial charge is 0.368 e. The van der Waals surface area contributed by atoms with Crippen LogP contribution in [0.2, 0.25) is 0 Å². The summed E-state index contributed by atoms with van der Waals surface area (Å²) >= 11 is 0. The lowest BCUT2D eigenvalue weighted by atomic mass is 10.0. The summed E-state index contributed by atoms with van der Waals surface area (Å²) in [4.78, 5) is 15.9. The highest BCUT2D eigenvalue weighted by Gasteiger charge is 2.19. The van der Waals surface area contributed by atoms with Crippen molar-refractivity contribution in [2.45, 2.75) is 19.4 Å². The minimum atomic E-state index is -0.483. The van der Waals surface area contributed by atoms with Crippen LogP contribution in [0.5, 0.6) is 0 Å². The standard InChI is InChI=1S/C14H17N3O/c1-2-8-16-13(14(15)18)11-7-3-5-10-6-4-9-17-12(10)11/h3-7,9,13,16H,2,8H2,1H3,(H2,15,18). The number of fused-ring (bicyclic) bond motifs is 1. The van der Waals surface area contributed by atoms with Gasteiger partial charge in [-0.05, 0) is 19.0 Å². The zero-order chi connectivity index (χ0) is 13.0. The molecule has 0 radical (unpaired) electrons. The maximum Gasteiger partial charge on any atom is 0.239 e. The van der Waals surface area contributed by atoms with Crippen LogP contribution in [0, 0.1) is 0 Å². The van der Waals surface area contributed by atoms with Crippen molar-refractivity contribution in [2.75, 3.05) is 6.54 Å². The number of aromatic nitrogens is 1. The van der Waals surface area contributed by atoms with Crippen LogP contribution < -0.4 is 11.1 Å². The number of amides is 1. The van der Waals surface area contributed by atoms with E-state index in [0.29, 0.717) is 0 Å². The highest BCUT2D eigenvalue weighted by molar-refractivity contribution is 5.89. The molecule has 1 atom stereocenters. The van der Waals surface area contributed by atoms with E-state index in [1.54, 1.807) is 6.20 Å². The van der Waals surface area contributed by atoms with E-state index in [1.807, 2.05) is 37.3 Å². The van der Waals surface area contributed by atoms with Gasteiger partial charge >= 0.3 is 0 Å². The zero-order valence-electron chi connectivity index (χ0n) is 10.4. The fraction of sp³-hybridized carbons (Fsp3) is 0.286. The molecule has 0 aliphatic carbocycles. The SMILES string of the molecule is CCCNC(C(N)=O)c1cccc2cccnc12. The minimum Gasteiger partial charge on any atom is -0.368 e. The van der Waals surface area contributed by atoms with Gasteiger partial charge in [0.25, 0.3) is 0 Å². The number of primary amides is 1. The third-order valence-electron chi connectivity index (χ3n) is 2.86. The quantitative estimate of drug-likeness (QED) is 0.840. The summed E-state index contributed by atoms with van der Waals surface area (Å²) in [5.41, 5.74) is 7.14. The summed E-state index contributed by atoms with van der Waals surface area (Å²) in [7, 11) is 0. The predicted octanol–water partition coefficient (Wildman–Crippen LogP) is 1.76. The molecular weight excluding hydrogens is 226 g/mol. The number of benzene rings is 1. The van der Waals surface area contributed by atoms with E-state index in [0.717, 1.165) is 29.4 Å². The number of rotatable bonds is 5. The van der Waals surface area contributed by atoms with Crippen LogP contribution in [-0.4, -0.2) is 17.4 Å². The third kappa shape index (κ3) is 2.49. The summed E-state index contributed by atoms with van der Waals surface area (Å²) in [5, 5.41) is 4.18. The molecule has 4 nitrogen and oxygen atoms in total. The summed E-state index contributed by atoms with van der Waals surface area (Å²) in [5.74, 6) is -0.374. The van der Waals surface area contributed by atoms with Gasteiger partial charge in [0.2, 0.25) is 5.91 Å². The molecule has 3 N–H and O–H groups in total. The lowest BCUT2D eigenvalue weighted by molar-refractivity contribution is -0.120. The Hall–Kier alpha value is -1.94. The van der Waals surface area contributed by atoms with Crippen LogP contribution in [0.15, 0.2) is 36.5 Å². The number of nitrogens with zero attached hydrogens (tertiary/aromatic N) is 1. The van der Waals surface area contributed by atoms with Gasteiger partial charge in [0.1, 0.15) is 6.04 Å². The molecule has 1 aromatic carbocycles. The molecule has 1 aromatic heterocycles. The van der Waals surface area contributed by atoms with Crippen LogP contribution in [0.3, 0.4) is 0 Å². The van der Waals surface area contributed by atoms with E-state index in [9.17, 15) is 4.79 Å². The molecule has 1 heterocycles. The predicted molar refractivity (Wildman–Crippen MR) is 72.0 cm³/mol. The van der Waals surface area contributed by atoms with Gasteiger partial charge in [-0.3, -0.25) is 9.78 Å². The number of carbonyl (C=O) groups is 1. The first-order valence-corrected chi connectivity index (χ1v) is 6.10. The molecule has 0 saturated heterocycles. The molecule has 94 valence electrons. The molecule has 0 fully saturated rings. The monoisotopic (exact) mass is 243 g/mol. The van der Waals surface area contributed by atoms with E-state index in [2.05, 4.69) is 10.3 Å². The molecule has 2 rings (SSSR count). The second-order valence-electron chi connectivity index (χ2n) is 4.21. The Morgan fingerprint density at radius 3 is 2.89 bits per heavy atom. The topological polar surface area (TPSA) is 68.0 Å². The molecule has 1 unspecified atom stereocenters. The molecular formula is C14H17N3O. The van der Waals surface area contributed by atoms with Gasteiger partial charge in [0, 0.05) is 17.1 Å². The fourth-order valence-electron chi connectivity index (χ4n) is 2.01. The van der Waals surface area contributed by atoms with E-state index >= 15 is 0 Å². The van der Waals surface area contributed by atoms with Crippen LogP contribution >= 0.6 is 0 Å². The van der Waals surface area contributed by atoms with E-state index in [1.165, 1.54) is 0 Å². The molecule has 0 aliphatic heterocycles. The molecule has 1 amide bonds. The van der Waals surface area contributed by atoms with Gasteiger partial charge in [-0.15, -0.1) is 0 Å². The highest BCUT2D eigenvalue weighted by Crippen LogP contribution is 2.22. The first-order chi connectivity index (χ1) is 8.74. The molecule has 4 heteroatoms. The fourth-order valence-corrected chi connectivity index (χ4v) is 2.01. The summed E-state index contributed by atoms with van der Waals surface area (Å²) in [6.07, 6.45) is 2.67. The number of nitrogens with one attached hydrogen (secondary N) is 1. The number of hydrogen-bond donors (Lipinski definition) is 2. The summed E-state index contributed by atoms with van der Waals surface area (Å²) in [6.45, 7) is 2.79. The highest BCUT2D eigenvalue weighted by atomic mass is 16.1. The lowest BCUT2D eigenvalue weighted by Crippen LogP contribution is -2.34. The number of nitrogens with two attached hydrogens (primary N) is 1. The molecule has 18 heavy (non-hydrogen) atoms. The molecule has 0 bridgehead atoms. The Morgan fingerprint density at radius 1 is 1.39 bits per heavy atom. The molecule has 0 spiro atoms. The number of hydrogen-bond acceptors (Lipinski definition) is 3. The van der Waals surface area contributed by atoms with Crippen molar-refractivity contribution in [1.82, 2.24) is 10.3 Å². The maximum absolute atomic E-state index is 11.6. The van der Waals surface area contributed by atoms with Crippen molar-refractivity contribution < 1.29 is 4.79 Å². The van der Waals surface area contributed by atoms with E-state index < -0.39 is 6.04 Å². The van der Waals surface area contributed by atoms with E-state index in [4.69, 9.17) is 5.73 Å². The Kier molecular flexibility index (Phi) is 3.89. The zero-order valence-corrected chi connectivity index (χ0v) is 10.4. The summed E-state index contributed by atoms with van der Waals surface area (Å²) in [6, 6.07) is 9.16. The second-order valence-corrected chi connectivity index (χ2v) is 4.21.